The third kappa shape index (κ3) is 7.34. The van der Waals surface area contributed by atoms with Gasteiger partial charge in [-0.05, 0) is 47.2 Å². The highest BCUT2D eigenvalue weighted by Gasteiger charge is 1.97. The second kappa shape index (κ2) is 12.0. The van der Waals surface area contributed by atoms with Crippen LogP contribution in [0.5, 0.6) is 0 Å². The quantitative estimate of drug-likeness (QED) is 0.233. The molecule has 0 radical (unpaired) electrons. The summed E-state index contributed by atoms with van der Waals surface area (Å²) >= 11 is 0. The van der Waals surface area contributed by atoms with Gasteiger partial charge in [-0.15, -0.1) is 0 Å². The lowest BCUT2D eigenvalue weighted by molar-refractivity contribution is 0.589. The summed E-state index contributed by atoms with van der Waals surface area (Å²) in [7, 11) is 0. The van der Waals surface area contributed by atoms with Gasteiger partial charge in [-0.2, -0.15) is 0 Å². The van der Waals surface area contributed by atoms with Gasteiger partial charge in [0.25, 0.3) is 0 Å². The SMILES string of the molecule is CCCCCCCCCc1ccc(N=Cc2ccc(-c3ccccc3)cc2)cc1. The van der Waals surface area contributed by atoms with Crippen LogP contribution in [0.4, 0.5) is 5.69 Å². The van der Waals surface area contributed by atoms with E-state index in [1.54, 1.807) is 0 Å². The van der Waals surface area contributed by atoms with Crippen molar-refractivity contribution >= 4 is 11.9 Å². The molecule has 0 heterocycles. The van der Waals surface area contributed by atoms with Crippen LogP contribution in [0.25, 0.3) is 11.1 Å². The third-order valence-corrected chi connectivity index (χ3v) is 5.39. The first-order valence-electron chi connectivity index (χ1n) is 11.1. The second-order valence-electron chi connectivity index (χ2n) is 7.78. The number of unbranched alkanes of at least 4 members (excludes halogenated alkanes) is 6. The fourth-order valence-electron chi connectivity index (χ4n) is 3.58. The molecule has 0 saturated heterocycles. The van der Waals surface area contributed by atoms with E-state index < -0.39 is 0 Å². The Balaban J connectivity index is 1.45. The predicted octanol–water partition coefficient (Wildman–Crippen LogP) is 8.40. The van der Waals surface area contributed by atoms with Crippen molar-refractivity contribution in [3.63, 3.8) is 0 Å². The van der Waals surface area contributed by atoms with E-state index in [1.807, 2.05) is 12.3 Å². The summed E-state index contributed by atoms with van der Waals surface area (Å²) in [6.07, 6.45) is 12.7. The average Bonchev–Trinajstić information content (AvgIpc) is 2.79. The Bertz CT molecular complexity index is 845. The molecular formula is C28H33N. The van der Waals surface area contributed by atoms with Crippen LogP contribution in [0.3, 0.4) is 0 Å². The van der Waals surface area contributed by atoms with Gasteiger partial charge >= 0.3 is 0 Å². The minimum absolute atomic E-state index is 1.01. The molecule has 0 amide bonds. The van der Waals surface area contributed by atoms with Crippen molar-refractivity contribution in [2.75, 3.05) is 0 Å². The maximum Gasteiger partial charge on any atom is 0.0630 e. The maximum atomic E-state index is 4.63. The van der Waals surface area contributed by atoms with Crippen LogP contribution in [0, 0.1) is 0 Å². The molecule has 0 atom stereocenters. The van der Waals surface area contributed by atoms with E-state index in [2.05, 4.69) is 84.7 Å². The van der Waals surface area contributed by atoms with Crippen LogP contribution >= 0.6 is 0 Å². The van der Waals surface area contributed by atoms with Crippen molar-refractivity contribution in [3.05, 3.63) is 90.0 Å². The summed E-state index contributed by atoms with van der Waals surface area (Å²) in [5.74, 6) is 0. The monoisotopic (exact) mass is 383 g/mol. The molecule has 3 rings (SSSR count). The molecule has 0 saturated carbocycles. The van der Waals surface area contributed by atoms with Crippen LogP contribution < -0.4 is 0 Å². The molecule has 0 aliphatic carbocycles. The van der Waals surface area contributed by atoms with Gasteiger partial charge in [0, 0.05) is 6.21 Å². The first-order chi connectivity index (χ1) is 14.3. The van der Waals surface area contributed by atoms with Crippen LogP contribution in [0.2, 0.25) is 0 Å². The first kappa shape index (κ1) is 21.0. The lowest BCUT2D eigenvalue weighted by atomic mass is 10.0. The van der Waals surface area contributed by atoms with Gasteiger partial charge in [0.05, 0.1) is 5.69 Å². The van der Waals surface area contributed by atoms with Crippen molar-refractivity contribution < 1.29 is 0 Å². The van der Waals surface area contributed by atoms with Crippen molar-refractivity contribution in [3.8, 4) is 11.1 Å². The van der Waals surface area contributed by atoms with E-state index >= 15 is 0 Å². The molecule has 0 bridgehead atoms. The standard InChI is InChI=1S/C28H33N/c1-2-3-4-5-6-7-9-12-24-17-21-28(22-18-24)29-23-25-15-19-27(20-16-25)26-13-10-8-11-14-26/h8,10-11,13-23H,2-7,9,12H2,1H3. The molecule has 3 aromatic rings. The fraction of sp³-hybridized carbons (Fsp3) is 0.321. The van der Waals surface area contributed by atoms with Crippen molar-refractivity contribution in [1.29, 1.82) is 0 Å². The lowest BCUT2D eigenvalue weighted by Gasteiger charge is -2.03. The van der Waals surface area contributed by atoms with Crippen molar-refractivity contribution in [2.24, 2.45) is 4.99 Å². The van der Waals surface area contributed by atoms with Gasteiger partial charge in [-0.1, -0.05) is 112 Å². The van der Waals surface area contributed by atoms with E-state index in [0.29, 0.717) is 0 Å². The molecule has 0 unspecified atom stereocenters. The van der Waals surface area contributed by atoms with Gasteiger partial charge in [-0.25, -0.2) is 0 Å². The number of benzene rings is 3. The van der Waals surface area contributed by atoms with E-state index in [1.165, 1.54) is 68.1 Å². The molecule has 0 fully saturated rings. The Morgan fingerprint density at radius 2 is 1.24 bits per heavy atom. The summed E-state index contributed by atoms with van der Waals surface area (Å²) in [5, 5.41) is 0. The zero-order chi connectivity index (χ0) is 20.2. The van der Waals surface area contributed by atoms with E-state index in [0.717, 1.165) is 11.3 Å². The minimum Gasteiger partial charge on any atom is -0.256 e. The van der Waals surface area contributed by atoms with E-state index in [-0.39, 0.29) is 0 Å². The molecule has 150 valence electrons. The Morgan fingerprint density at radius 3 is 1.93 bits per heavy atom. The Morgan fingerprint density at radius 1 is 0.621 bits per heavy atom. The van der Waals surface area contributed by atoms with Crippen LogP contribution in [-0.4, -0.2) is 6.21 Å². The number of nitrogens with zero attached hydrogens (tertiary/aromatic N) is 1. The first-order valence-corrected chi connectivity index (χ1v) is 11.1. The molecule has 0 N–H and O–H groups in total. The summed E-state index contributed by atoms with van der Waals surface area (Å²) in [6, 6.07) is 27.7. The van der Waals surface area contributed by atoms with E-state index in [4.69, 9.17) is 0 Å². The molecule has 0 spiro atoms. The smallest absolute Gasteiger partial charge is 0.0630 e. The average molecular weight is 384 g/mol. The Hall–Kier alpha value is -2.67. The van der Waals surface area contributed by atoms with Crippen LogP contribution in [0.15, 0.2) is 83.9 Å². The molecular weight excluding hydrogens is 350 g/mol. The zero-order valence-corrected chi connectivity index (χ0v) is 17.7. The fourth-order valence-corrected chi connectivity index (χ4v) is 3.58. The van der Waals surface area contributed by atoms with Gasteiger partial charge < -0.3 is 0 Å². The highest BCUT2D eigenvalue weighted by Crippen LogP contribution is 2.20. The van der Waals surface area contributed by atoms with E-state index in [9.17, 15) is 0 Å². The molecule has 1 heteroatoms. The highest BCUT2D eigenvalue weighted by atomic mass is 14.7. The summed E-state index contributed by atoms with van der Waals surface area (Å²) in [6.45, 7) is 2.27. The highest BCUT2D eigenvalue weighted by molar-refractivity contribution is 5.83. The number of rotatable bonds is 11. The Kier molecular flexibility index (Phi) is 8.72. The molecule has 0 aliphatic rings. The zero-order valence-electron chi connectivity index (χ0n) is 17.7. The van der Waals surface area contributed by atoms with Gasteiger partial charge in [-0.3, -0.25) is 4.99 Å². The maximum absolute atomic E-state index is 4.63. The molecule has 0 aromatic heterocycles. The largest absolute Gasteiger partial charge is 0.256 e. The number of hydrogen-bond acceptors (Lipinski definition) is 1. The lowest BCUT2D eigenvalue weighted by Crippen LogP contribution is -1.86. The predicted molar refractivity (Wildman–Crippen MR) is 127 cm³/mol. The molecule has 1 nitrogen and oxygen atoms in total. The topological polar surface area (TPSA) is 12.4 Å². The number of aliphatic imine (C=N–C) groups is 1. The second-order valence-corrected chi connectivity index (χ2v) is 7.78. The Labute approximate surface area is 176 Å². The van der Waals surface area contributed by atoms with Gasteiger partial charge in [0.15, 0.2) is 0 Å². The summed E-state index contributed by atoms with van der Waals surface area (Å²) < 4.78 is 0. The molecule has 0 aliphatic heterocycles. The summed E-state index contributed by atoms with van der Waals surface area (Å²) in [5.41, 5.74) is 6.03. The van der Waals surface area contributed by atoms with Crippen LogP contribution in [-0.2, 0) is 6.42 Å². The summed E-state index contributed by atoms with van der Waals surface area (Å²) in [4.78, 5) is 4.63. The van der Waals surface area contributed by atoms with Crippen LogP contribution in [0.1, 0.15) is 63.0 Å². The number of hydrogen-bond donors (Lipinski definition) is 0. The van der Waals surface area contributed by atoms with Gasteiger partial charge in [0.1, 0.15) is 0 Å². The molecule has 29 heavy (non-hydrogen) atoms. The minimum atomic E-state index is 1.01. The van der Waals surface area contributed by atoms with Gasteiger partial charge in [0.2, 0.25) is 0 Å². The normalized spacial score (nSPS) is 11.2. The van der Waals surface area contributed by atoms with Crippen molar-refractivity contribution in [1.82, 2.24) is 0 Å². The molecule has 3 aromatic carbocycles. The third-order valence-electron chi connectivity index (χ3n) is 5.39. The van der Waals surface area contributed by atoms with Crippen molar-refractivity contribution in [2.45, 2.75) is 58.3 Å². The number of aryl methyl sites for hydroxylation is 1.